The molecule has 0 atom stereocenters. The number of methoxy groups -OCH3 is 1. The fourth-order valence-corrected chi connectivity index (χ4v) is 4.56. The first-order valence-electron chi connectivity index (χ1n) is 11.0. The van der Waals surface area contributed by atoms with E-state index in [0.29, 0.717) is 43.0 Å². The minimum Gasteiger partial charge on any atom is -0.493 e. The number of benzene rings is 2. The molecule has 3 heterocycles. The van der Waals surface area contributed by atoms with Gasteiger partial charge in [-0.25, -0.2) is 4.98 Å². The molecular weight excluding hydrogens is 406 g/mol. The number of aromatic nitrogens is 2. The van der Waals surface area contributed by atoms with E-state index >= 15 is 0 Å². The zero-order valence-electron chi connectivity index (χ0n) is 18.6. The number of likely N-dealkylation sites (tertiary alicyclic amines) is 1. The number of para-hydroxylation sites is 2. The van der Waals surface area contributed by atoms with Crippen molar-refractivity contribution in [2.45, 2.75) is 38.4 Å². The number of ether oxygens (including phenoxy) is 3. The molecule has 0 aliphatic carbocycles. The Bertz CT molecular complexity index is 1150. The monoisotopic (exact) mass is 433 g/mol. The molecule has 1 aromatic heterocycles. The van der Waals surface area contributed by atoms with Gasteiger partial charge >= 0.3 is 0 Å². The molecule has 166 valence electrons. The summed E-state index contributed by atoms with van der Waals surface area (Å²) in [4.78, 5) is 19.7. The Labute approximate surface area is 187 Å². The Morgan fingerprint density at radius 1 is 1.12 bits per heavy atom. The molecular formula is C25H27N3O4. The zero-order valence-corrected chi connectivity index (χ0v) is 18.6. The van der Waals surface area contributed by atoms with E-state index < -0.39 is 5.60 Å². The Hall–Kier alpha value is -3.48. The lowest BCUT2D eigenvalue weighted by molar-refractivity contribution is -0.0127. The third-order valence-electron chi connectivity index (χ3n) is 6.11. The predicted molar refractivity (Wildman–Crippen MR) is 120 cm³/mol. The van der Waals surface area contributed by atoms with E-state index in [1.165, 1.54) is 0 Å². The van der Waals surface area contributed by atoms with E-state index in [1.54, 1.807) is 25.3 Å². The van der Waals surface area contributed by atoms with Crippen molar-refractivity contribution in [3.63, 3.8) is 0 Å². The van der Waals surface area contributed by atoms with Gasteiger partial charge in [-0.3, -0.25) is 9.36 Å². The topological polar surface area (TPSA) is 65.8 Å². The van der Waals surface area contributed by atoms with Crippen LogP contribution in [-0.4, -0.2) is 46.7 Å². The molecule has 2 aromatic carbocycles. The summed E-state index contributed by atoms with van der Waals surface area (Å²) in [5.74, 6) is 2.93. The fourth-order valence-electron chi connectivity index (χ4n) is 4.56. The van der Waals surface area contributed by atoms with Crippen molar-refractivity contribution in [2.24, 2.45) is 0 Å². The normalized spacial score (nSPS) is 16.3. The molecule has 1 saturated heterocycles. The second kappa shape index (κ2) is 7.89. The van der Waals surface area contributed by atoms with E-state index in [1.807, 2.05) is 55.4 Å². The van der Waals surface area contributed by atoms with Crippen molar-refractivity contribution in [3.8, 4) is 22.9 Å². The van der Waals surface area contributed by atoms with Gasteiger partial charge in [0.2, 0.25) is 0 Å². The maximum Gasteiger partial charge on any atom is 0.253 e. The van der Waals surface area contributed by atoms with Crippen LogP contribution in [0.25, 0.3) is 5.69 Å². The van der Waals surface area contributed by atoms with Gasteiger partial charge in [0, 0.05) is 43.9 Å². The first kappa shape index (κ1) is 20.4. The lowest BCUT2D eigenvalue weighted by atomic mass is 9.88. The number of fused-ring (bicyclic) bond motifs is 4. The third kappa shape index (κ3) is 3.38. The van der Waals surface area contributed by atoms with Gasteiger partial charge in [0.05, 0.1) is 18.9 Å². The summed E-state index contributed by atoms with van der Waals surface area (Å²) in [5, 5.41) is 0. The summed E-state index contributed by atoms with van der Waals surface area (Å²) in [6.07, 6.45) is 5.17. The second-order valence-electron chi connectivity index (χ2n) is 8.51. The van der Waals surface area contributed by atoms with Crippen LogP contribution in [0, 0.1) is 0 Å². The van der Waals surface area contributed by atoms with Crippen LogP contribution in [0.5, 0.6) is 17.2 Å². The zero-order chi connectivity index (χ0) is 22.3. The molecule has 1 fully saturated rings. The fraction of sp³-hybridized carbons (Fsp3) is 0.360. The molecule has 2 aliphatic rings. The van der Waals surface area contributed by atoms with Gasteiger partial charge in [-0.05, 0) is 44.2 Å². The number of rotatable bonds is 4. The standard InChI is InChI=1S/C25H27N3O4/c1-17(2)31-21-9-8-18(16-22(21)30-3)23(29)27-13-10-25(11-14-27)24-26-12-15-28(24)19-6-4-5-7-20(19)32-25/h4-9,12,15-17H,10-11,13-14H2,1-3H3. The van der Waals surface area contributed by atoms with Crippen molar-refractivity contribution < 1.29 is 19.0 Å². The average Bonchev–Trinajstić information content (AvgIpc) is 3.31. The van der Waals surface area contributed by atoms with Gasteiger partial charge in [-0.1, -0.05) is 12.1 Å². The van der Waals surface area contributed by atoms with Crippen LogP contribution in [0.15, 0.2) is 54.9 Å². The number of carbonyl (C=O) groups is 1. The van der Waals surface area contributed by atoms with Gasteiger partial charge in [0.25, 0.3) is 5.91 Å². The minimum absolute atomic E-state index is 0.0196. The van der Waals surface area contributed by atoms with Crippen LogP contribution >= 0.6 is 0 Å². The molecule has 5 rings (SSSR count). The molecule has 0 radical (unpaired) electrons. The predicted octanol–water partition coefficient (Wildman–Crippen LogP) is 4.19. The van der Waals surface area contributed by atoms with E-state index in [2.05, 4.69) is 9.55 Å². The van der Waals surface area contributed by atoms with Gasteiger partial charge in [-0.2, -0.15) is 0 Å². The number of nitrogens with zero attached hydrogens (tertiary/aromatic N) is 3. The lowest BCUT2D eigenvalue weighted by Crippen LogP contribution is -2.50. The smallest absolute Gasteiger partial charge is 0.253 e. The van der Waals surface area contributed by atoms with E-state index in [-0.39, 0.29) is 12.0 Å². The summed E-state index contributed by atoms with van der Waals surface area (Å²) in [5.41, 5.74) is 1.06. The Morgan fingerprint density at radius 2 is 1.91 bits per heavy atom. The third-order valence-corrected chi connectivity index (χ3v) is 6.11. The summed E-state index contributed by atoms with van der Waals surface area (Å²) < 4.78 is 19.8. The Kier molecular flexibility index (Phi) is 5.04. The average molecular weight is 434 g/mol. The molecule has 2 aliphatic heterocycles. The van der Waals surface area contributed by atoms with Crippen molar-refractivity contribution >= 4 is 5.91 Å². The summed E-state index contributed by atoms with van der Waals surface area (Å²) in [6, 6.07) is 13.4. The van der Waals surface area contributed by atoms with E-state index in [0.717, 1.165) is 17.3 Å². The maximum atomic E-state index is 13.2. The highest BCUT2D eigenvalue weighted by molar-refractivity contribution is 5.95. The minimum atomic E-state index is -0.527. The maximum absolute atomic E-state index is 13.2. The molecule has 1 spiro atoms. The quantitative estimate of drug-likeness (QED) is 0.617. The van der Waals surface area contributed by atoms with Crippen LogP contribution in [0.3, 0.4) is 0 Å². The Balaban J connectivity index is 1.35. The number of amides is 1. The van der Waals surface area contributed by atoms with Crippen LogP contribution < -0.4 is 14.2 Å². The van der Waals surface area contributed by atoms with E-state index in [9.17, 15) is 4.79 Å². The molecule has 3 aromatic rings. The number of hydrogen-bond donors (Lipinski definition) is 0. The van der Waals surface area contributed by atoms with Crippen LogP contribution in [-0.2, 0) is 5.60 Å². The van der Waals surface area contributed by atoms with E-state index in [4.69, 9.17) is 14.2 Å². The molecule has 0 bridgehead atoms. The molecule has 32 heavy (non-hydrogen) atoms. The second-order valence-corrected chi connectivity index (χ2v) is 8.51. The van der Waals surface area contributed by atoms with Crippen LogP contribution in [0.4, 0.5) is 0 Å². The molecule has 7 nitrogen and oxygen atoms in total. The number of imidazole rings is 1. The first-order chi connectivity index (χ1) is 15.5. The lowest BCUT2D eigenvalue weighted by Gasteiger charge is -2.44. The van der Waals surface area contributed by atoms with Crippen molar-refractivity contribution in [1.82, 2.24) is 14.5 Å². The molecule has 0 N–H and O–H groups in total. The number of carbonyl (C=O) groups excluding carboxylic acids is 1. The Morgan fingerprint density at radius 3 is 2.66 bits per heavy atom. The number of piperidine rings is 1. The highest BCUT2D eigenvalue weighted by atomic mass is 16.5. The first-order valence-corrected chi connectivity index (χ1v) is 11.0. The largest absolute Gasteiger partial charge is 0.493 e. The highest BCUT2D eigenvalue weighted by Crippen LogP contribution is 2.44. The molecule has 0 unspecified atom stereocenters. The van der Waals surface area contributed by atoms with Crippen molar-refractivity contribution in [1.29, 1.82) is 0 Å². The summed E-state index contributed by atoms with van der Waals surface area (Å²) in [7, 11) is 1.59. The van der Waals surface area contributed by atoms with Crippen molar-refractivity contribution in [3.05, 3.63) is 66.2 Å². The van der Waals surface area contributed by atoms with Gasteiger partial charge in [-0.15, -0.1) is 0 Å². The number of hydrogen-bond acceptors (Lipinski definition) is 5. The molecule has 0 saturated carbocycles. The summed E-state index contributed by atoms with van der Waals surface area (Å²) >= 11 is 0. The molecule has 1 amide bonds. The van der Waals surface area contributed by atoms with Gasteiger partial charge < -0.3 is 19.1 Å². The van der Waals surface area contributed by atoms with Gasteiger partial charge in [0.1, 0.15) is 5.75 Å². The highest BCUT2D eigenvalue weighted by Gasteiger charge is 2.46. The van der Waals surface area contributed by atoms with Crippen molar-refractivity contribution in [2.75, 3.05) is 20.2 Å². The SMILES string of the molecule is COc1cc(C(=O)N2CCC3(CC2)Oc2ccccc2-n2ccnc23)ccc1OC(C)C. The van der Waals surface area contributed by atoms with Gasteiger partial charge in [0.15, 0.2) is 22.9 Å². The van der Waals surface area contributed by atoms with Crippen LogP contribution in [0.1, 0.15) is 42.9 Å². The van der Waals surface area contributed by atoms with Crippen LogP contribution in [0.2, 0.25) is 0 Å². The molecule has 7 heteroatoms. The summed E-state index contributed by atoms with van der Waals surface area (Å²) in [6.45, 7) is 5.08.